The van der Waals surface area contributed by atoms with Gasteiger partial charge < -0.3 is 10.2 Å². The molecule has 2 aromatic carbocycles. The summed E-state index contributed by atoms with van der Waals surface area (Å²) in [5, 5.41) is 2.94. The van der Waals surface area contributed by atoms with E-state index in [1.54, 1.807) is 0 Å². The monoisotopic (exact) mass is 360 g/mol. The quantitative estimate of drug-likeness (QED) is 0.823. The van der Waals surface area contributed by atoms with Gasteiger partial charge in [-0.3, -0.25) is 4.79 Å². The van der Waals surface area contributed by atoms with E-state index in [-0.39, 0.29) is 5.91 Å². The molecule has 0 atom stereocenters. The highest BCUT2D eigenvalue weighted by atomic mass is 79.9. The van der Waals surface area contributed by atoms with Crippen LogP contribution in [0.25, 0.3) is 0 Å². The van der Waals surface area contributed by atoms with E-state index in [4.69, 9.17) is 0 Å². The molecule has 1 amide bonds. The Hall–Kier alpha value is -1.81. The molecular formula is C18H21BrN2O. The maximum Gasteiger partial charge on any atom is 0.228 e. The standard InChI is InChI=1S/C18H21BrN2O/c1-3-21(4-2)17-10-8-16(9-11-17)20-18(22)13-14-6-5-7-15(19)12-14/h5-12H,3-4,13H2,1-2H3,(H,20,22). The molecule has 22 heavy (non-hydrogen) atoms. The van der Waals surface area contributed by atoms with Gasteiger partial charge in [0.25, 0.3) is 0 Å². The predicted molar refractivity (Wildman–Crippen MR) is 96.5 cm³/mol. The Bertz CT molecular complexity index is 621. The lowest BCUT2D eigenvalue weighted by Crippen LogP contribution is -2.21. The van der Waals surface area contributed by atoms with E-state index >= 15 is 0 Å². The molecule has 4 heteroatoms. The largest absolute Gasteiger partial charge is 0.372 e. The first-order chi connectivity index (χ1) is 10.6. The van der Waals surface area contributed by atoms with Gasteiger partial charge in [-0.2, -0.15) is 0 Å². The second-order valence-corrected chi connectivity index (χ2v) is 5.99. The number of carbonyl (C=O) groups is 1. The molecule has 0 heterocycles. The van der Waals surface area contributed by atoms with Crippen molar-refractivity contribution in [3.05, 3.63) is 58.6 Å². The van der Waals surface area contributed by atoms with Crippen LogP contribution in [0.3, 0.4) is 0 Å². The van der Waals surface area contributed by atoms with Crippen LogP contribution in [0.1, 0.15) is 19.4 Å². The molecule has 0 spiro atoms. The fraction of sp³-hybridized carbons (Fsp3) is 0.278. The van der Waals surface area contributed by atoms with Crippen LogP contribution in [-0.4, -0.2) is 19.0 Å². The van der Waals surface area contributed by atoms with Crippen LogP contribution >= 0.6 is 15.9 Å². The molecule has 1 N–H and O–H groups in total. The van der Waals surface area contributed by atoms with Crippen molar-refractivity contribution in [1.82, 2.24) is 0 Å². The van der Waals surface area contributed by atoms with Crippen molar-refractivity contribution in [2.45, 2.75) is 20.3 Å². The van der Waals surface area contributed by atoms with Crippen LogP contribution < -0.4 is 10.2 Å². The van der Waals surface area contributed by atoms with Gasteiger partial charge in [0, 0.05) is 28.9 Å². The zero-order valence-electron chi connectivity index (χ0n) is 13.0. The van der Waals surface area contributed by atoms with Crippen molar-refractivity contribution in [3.63, 3.8) is 0 Å². The highest BCUT2D eigenvalue weighted by Crippen LogP contribution is 2.18. The van der Waals surface area contributed by atoms with Crippen molar-refractivity contribution in [2.24, 2.45) is 0 Å². The van der Waals surface area contributed by atoms with E-state index in [0.717, 1.165) is 28.8 Å². The van der Waals surface area contributed by atoms with Gasteiger partial charge in [0.05, 0.1) is 6.42 Å². The highest BCUT2D eigenvalue weighted by molar-refractivity contribution is 9.10. The van der Waals surface area contributed by atoms with Crippen LogP contribution in [0, 0.1) is 0 Å². The molecular weight excluding hydrogens is 340 g/mol. The Balaban J connectivity index is 1.97. The van der Waals surface area contributed by atoms with Crippen molar-refractivity contribution >= 4 is 33.2 Å². The number of anilines is 2. The number of hydrogen-bond donors (Lipinski definition) is 1. The Morgan fingerprint density at radius 1 is 1.09 bits per heavy atom. The van der Waals surface area contributed by atoms with Crippen LogP contribution in [0.15, 0.2) is 53.0 Å². The number of benzene rings is 2. The average Bonchev–Trinajstić information content (AvgIpc) is 2.50. The van der Waals surface area contributed by atoms with Crippen molar-refractivity contribution in [1.29, 1.82) is 0 Å². The summed E-state index contributed by atoms with van der Waals surface area (Å²) in [5.74, 6) is -0.00584. The van der Waals surface area contributed by atoms with E-state index < -0.39 is 0 Å². The normalized spacial score (nSPS) is 10.3. The van der Waals surface area contributed by atoms with Gasteiger partial charge in [-0.05, 0) is 55.8 Å². The molecule has 0 aliphatic heterocycles. The van der Waals surface area contributed by atoms with E-state index in [0.29, 0.717) is 6.42 Å². The molecule has 0 aromatic heterocycles. The fourth-order valence-corrected chi connectivity index (χ4v) is 2.83. The summed E-state index contributed by atoms with van der Waals surface area (Å²) < 4.78 is 0.987. The number of hydrogen-bond acceptors (Lipinski definition) is 2. The first-order valence-corrected chi connectivity index (χ1v) is 8.31. The molecule has 2 aromatic rings. The minimum atomic E-state index is -0.00584. The zero-order valence-corrected chi connectivity index (χ0v) is 14.6. The summed E-state index contributed by atoms with van der Waals surface area (Å²) in [5.41, 5.74) is 3.00. The SMILES string of the molecule is CCN(CC)c1ccc(NC(=O)Cc2cccc(Br)c2)cc1. The van der Waals surface area contributed by atoms with E-state index in [1.807, 2.05) is 48.5 Å². The van der Waals surface area contributed by atoms with Gasteiger partial charge >= 0.3 is 0 Å². The molecule has 0 bridgehead atoms. The first-order valence-electron chi connectivity index (χ1n) is 7.51. The van der Waals surface area contributed by atoms with E-state index in [2.05, 4.69) is 40.0 Å². The molecule has 0 saturated carbocycles. The first kappa shape index (κ1) is 16.6. The van der Waals surface area contributed by atoms with Crippen molar-refractivity contribution < 1.29 is 4.79 Å². The summed E-state index contributed by atoms with van der Waals surface area (Å²) in [6, 6.07) is 15.8. The summed E-state index contributed by atoms with van der Waals surface area (Å²) in [6.07, 6.45) is 0.372. The van der Waals surface area contributed by atoms with Gasteiger partial charge in [0.15, 0.2) is 0 Å². The topological polar surface area (TPSA) is 32.3 Å². The number of rotatable bonds is 6. The van der Waals surface area contributed by atoms with Gasteiger partial charge in [0.2, 0.25) is 5.91 Å². The Labute approximate surface area is 140 Å². The van der Waals surface area contributed by atoms with Crippen LogP contribution in [0.2, 0.25) is 0 Å². The number of nitrogens with one attached hydrogen (secondary N) is 1. The molecule has 0 unspecified atom stereocenters. The summed E-state index contributed by atoms with van der Waals surface area (Å²) in [6.45, 7) is 6.23. The van der Waals surface area contributed by atoms with Gasteiger partial charge in [-0.15, -0.1) is 0 Å². The molecule has 0 aliphatic rings. The fourth-order valence-electron chi connectivity index (χ4n) is 2.38. The summed E-state index contributed by atoms with van der Waals surface area (Å²) in [4.78, 5) is 14.4. The van der Waals surface area contributed by atoms with Crippen LogP contribution in [0.4, 0.5) is 11.4 Å². The third-order valence-electron chi connectivity index (χ3n) is 3.53. The predicted octanol–water partition coefficient (Wildman–Crippen LogP) is 4.48. The third kappa shape index (κ3) is 4.60. The average molecular weight is 361 g/mol. The molecule has 116 valence electrons. The lowest BCUT2D eigenvalue weighted by molar-refractivity contribution is -0.115. The second kappa shape index (κ2) is 7.99. The zero-order chi connectivity index (χ0) is 15.9. The minimum Gasteiger partial charge on any atom is -0.372 e. The molecule has 0 saturated heterocycles. The molecule has 0 radical (unpaired) electrons. The summed E-state index contributed by atoms with van der Waals surface area (Å²) >= 11 is 3.42. The van der Waals surface area contributed by atoms with Gasteiger partial charge in [0.1, 0.15) is 0 Å². The second-order valence-electron chi connectivity index (χ2n) is 5.07. The van der Waals surface area contributed by atoms with Crippen molar-refractivity contribution in [2.75, 3.05) is 23.3 Å². The Morgan fingerprint density at radius 2 is 1.77 bits per heavy atom. The Kier molecular flexibility index (Phi) is 6.01. The number of halogens is 1. The molecule has 0 aliphatic carbocycles. The molecule has 3 nitrogen and oxygen atoms in total. The number of amides is 1. The Morgan fingerprint density at radius 3 is 2.36 bits per heavy atom. The van der Waals surface area contributed by atoms with Crippen LogP contribution in [0.5, 0.6) is 0 Å². The lowest BCUT2D eigenvalue weighted by atomic mass is 10.1. The van der Waals surface area contributed by atoms with Gasteiger partial charge in [-0.1, -0.05) is 28.1 Å². The van der Waals surface area contributed by atoms with Crippen LogP contribution in [-0.2, 0) is 11.2 Å². The third-order valence-corrected chi connectivity index (χ3v) is 4.03. The maximum absolute atomic E-state index is 12.1. The highest BCUT2D eigenvalue weighted by Gasteiger charge is 2.06. The smallest absolute Gasteiger partial charge is 0.228 e. The number of nitrogens with zero attached hydrogens (tertiary/aromatic N) is 1. The van der Waals surface area contributed by atoms with Gasteiger partial charge in [-0.25, -0.2) is 0 Å². The minimum absolute atomic E-state index is 0.00584. The molecule has 0 fully saturated rings. The molecule has 2 rings (SSSR count). The lowest BCUT2D eigenvalue weighted by Gasteiger charge is -2.21. The number of carbonyl (C=O) groups excluding carboxylic acids is 1. The van der Waals surface area contributed by atoms with E-state index in [9.17, 15) is 4.79 Å². The van der Waals surface area contributed by atoms with Crippen molar-refractivity contribution in [3.8, 4) is 0 Å². The summed E-state index contributed by atoms with van der Waals surface area (Å²) in [7, 11) is 0. The maximum atomic E-state index is 12.1. The van der Waals surface area contributed by atoms with E-state index in [1.165, 1.54) is 5.69 Å².